The number of carbonyl (C=O) groups excluding carboxylic acids is 2. The van der Waals surface area contributed by atoms with Gasteiger partial charge < -0.3 is 0 Å². The van der Waals surface area contributed by atoms with Crippen LogP contribution in [0.4, 0.5) is 0 Å². The van der Waals surface area contributed by atoms with Gasteiger partial charge in [-0.15, -0.1) is 0 Å². The molecule has 1 heterocycles. The predicted molar refractivity (Wildman–Crippen MR) is 30.7 cm³/mol. The van der Waals surface area contributed by atoms with Crippen LogP contribution in [0.25, 0.3) is 0 Å². The van der Waals surface area contributed by atoms with Gasteiger partial charge in [-0.05, 0) is 0 Å². The van der Waals surface area contributed by atoms with E-state index in [0.717, 1.165) is 0 Å². The molecule has 0 N–H and O–H groups in total. The van der Waals surface area contributed by atoms with Gasteiger partial charge in [-0.2, -0.15) is 0 Å². The quantitative estimate of drug-likeness (QED) is 0.213. The van der Waals surface area contributed by atoms with Crippen LogP contribution in [0.5, 0.6) is 0 Å². The maximum atomic E-state index is 10.6. The Kier molecular flexibility index (Phi) is 2.18. The average Bonchev–Trinajstić information content (AvgIpc) is 2.12. The summed E-state index contributed by atoms with van der Waals surface area (Å²) in [6.07, 6.45) is 2.60. The van der Waals surface area contributed by atoms with Crippen LogP contribution in [0.15, 0.2) is 12.2 Å². The molecule has 5 heteroatoms. The van der Waals surface area contributed by atoms with Crippen molar-refractivity contribution in [2.45, 2.75) is 0 Å². The fourth-order valence-corrected chi connectivity index (χ4v) is 2.64. The van der Waals surface area contributed by atoms with Crippen molar-refractivity contribution < 1.29 is 30.5 Å². The van der Waals surface area contributed by atoms with Gasteiger partial charge in [0.1, 0.15) is 0 Å². The molecule has 0 aliphatic carbocycles. The second-order valence-electron chi connectivity index (χ2n) is 1.39. The first-order valence-corrected chi connectivity index (χ1v) is 7.29. The molecule has 1 rings (SSSR count). The van der Waals surface area contributed by atoms with E-state index in [-0.39, 0.29) is 11.8 Å². The second-order valence-corrected chi connectivity index (χ2v) is 4.22. The van der Waals surface area contributed by atoms with Crippen LogP contribution < -0.4 is 20.9 Å². The molecule has 0 aromatic carbocycles. The summed E-state index contributed by atoms with van der Waals surface area (Å²) in [5.41, 5.74) is 0. The number of hydrogen-bond donors (Lipinski definition) is 0. The number of halogens is 1. The van der Waals surface area contributed by atoms with E-state index in [1.54, 1.807) is 0 Å². The Morgan fingerprint density at radius 2 is 1.78 bits per heavy atom. The van der Waals surface area contributed by atoms with Gasteiger partial charge in [0.25, 0.3) is 0 Å². The normalized spacial score (nSPS) is 18.1. The third kappa shape index (κ3) is 1.30. The zero-order chi connectivity index (χ0) is 6.85. The fourth-order valence-electron chi connectivity index (χ4n) is 0.478. The topological polar surface area (TPSA) is 37.4 Å². The van der Waals surface area contributed by atoms with Crippen LogP contribution in [0, 0.1) is 0 Å². The second kappa shape index (κ2) is 2.75. The number of amides is 2. The van der Waals surface area contributed by atoms with Gasteiger partial charge in [-0.25, -0.2) is 0 Å². The van der Waals surface area contributed by atoms with Crippen molar-refractivity contribution in [3.05, 3.63) is 12.2 Å². The van der Waals surface area contributed by atoms with E-state index in [0.29, 0.717) is 0 Å². The summed E-state index contributed by atoms with van der Waals surface area (Å²) in [7, 11) is 0. The predicted octanol–water partition coefficient (Wildman–Crippen LogP) is -3.29. The molecule has 1 aliphatic rings. The molecule has 0 spiro atoms. The Hall–Kier alpha value is 0.0400. The molecule has 9 heavy (non-hydrogen) atoms. The number of rotatable bonds is 1. The van der Waals surface area contributed by atoms with Crippen LogP contribution in [0.1, 0.15) is 0 Å². The molecule has 0 aromatic rings. The Balaban J connectivity index is 2.75. The van der Waals surface area contributed by atoms with E-state index in [4.69, 9.17) is 0 Å². The van der Waals surface area contributed by atoms with Gasteiger partial charge in [-0.1, -0.05) is 0 Å². The van der Waals surface area contributed by atoms with E-state index < -0.39 is 20.9 Å². The average molecular weight is 256 g/mol. The number of imide groups is 1. The molecule has 3 nitrogen and oxygen atoms in total. The Morgan fingerprint density at radius 1 is 1.33 bits per heavy atom. The molecular weight excluding hydrogens is 252 g/mol. The zero-order valence-corrected chi connectivity index (χ0v) is 7.69. The van der Waals surface area contributed by atoms with Crippen molar-refractivity contribution >= 4 is 18.7 Å². The monoisotopic (exact) mass is 256 g/mol. The number of carbonyl (C=O) groups is 2. The molecule has 0 aromatic heterocycles. The van der Waals surface area contributed by atoms with Crippen molar-refractivity contribution in [3.63, 3.8) is 0 Å². The zero-order valence-electron chi connectivity index (χ0n) is 4.37. The van der Waals surface area contributed by atoms with Crippen molar-refractivity contribution in [1.82, 2.24) is 3.11 Å². The summed E-state index contributed by atoms with van der Waals surface area (Å²) in [6.45, 7) is 2.43. The van der Waals surface area contributed by atoms with Gasteiger partial charge in [-0.3, -0.25) is 0 Å². The summed E-state index contributed by atoms with van der Waals surface area (Å²) >= 11 is -0.488. The molecule has 0 saturated heterocycles. The van der Waals surface area contributed by atoms with Crippen molar-refractivity contribution in [1.29, 1.82) is 0 Å². The summed E-state index contributed by atoms with van der Waals surface area (Å²) in [4.78, 5) is 21.3. The number of hydrogen-bond acceptors (Lipinski definition) is 2. The Bertz CT molecular complexity index is 173. The molecule has 0 radical (unpaired) electrons. The first kappa shape index (κ1) is 7.15. The summed E-state index contributed by atoms with van der Waals surface area (Å²) in [5.74, 6) is -0.356. The summed E-state index contributed by atoms with van der Waals surface area (Å²) in [6, 6.07) is 0. The molecule has 0 saturated carbocycles. The molecule has 1 atom stereocenters. The summed E-state index contributed by atoms with van der Waals surface area (Å²) < 4.78 is 1.25. The van der Waals surface area contributed by atoms with Gasteiger partial charge in [0, 0.05) is 0 Å². The van der Waals surface area contributed by atoms with Crippen molar-refractivity contribution in [2.24, 2.45) is 0 Å². The van der Waals surface area contributed by atoms with E-state index in [9.17, 15) is 9.59 Å². The van der Waals surface area contributed by atoms with Gasteiger partial charge in [0.2, 0.25) is 0 Å². The third-order valence-electron chi connectivity index (χ3n) is 0.853. The third-order valence-corrected chi connectivity index (χ3v) is 3.67. The van der Waals surface area contributed by atoms with Gasteiger partial charge in [0.05, 0.1) is 0 Å². The van der Waals surface area contributed by atoms with Gasteiger partial charge in [0.15, 0.2) is 0 Å². The van der Waals surface area contributed by atoms with E-state index in [1.165, 1.54) is 15.3 Å². The van der Waals surface area contributed by atoms with Crippen LogP contribution in [-0.4, -0.2) is 14.9 Å². The van der Waals surface area contributed by atoms with Crippen LogP contribution in [-0.2, 0) is 9.59 Å². The minimum absolute atomic E-state index is 0.178. The summed E-state index contributed by atoms with van der Waals surface area (Å²) in [5, 5.41) is 0. The molecule has 50 valence electrons. The first-order chi connectivity index (χ1) is 4.25. The number of nitrogens with zero attached hydrogens (tertiary/aromatic N) is 1. The van der Waals surface area contributed by atoms with Crippen LogP contribution >= 0.6 is 6.88 Å². The molecule has 0 bridgehead atoms. The molecule has 2 amide bonds. The van der Waals surface area contributed by atoms with Crippen molar-refractivity contribution in [3.8, 4) is 0 Å². The SMILES string of the molecule is O=C1C=CC(=O)N1[I-]P. The molecule has 1 aliphatic heterocycles. The minimum atomic E-state index is -0.488. The Morgan fingerprint density at radius 3 is 2.00 bits per heavy atom. The van der Waals surface area contributed by atoms with Crippen molar-refractivity contribution in [2.75, 3.05) is 0 Å². The molecular formula is C4H4INO2P-. The fraction of sp³-hybridized carbons (Fsp3) is 0. The van der Waals surface area contributed by atoms with E-state index in [1.807, 2.05) is 0 Å². The molecule has 1 unspecified atom stereocenters. The standard InChI is InChI=1S/C4H4INO2P/c7-3-1-2-4(8)6(3)5-9/h1-2H,9H2/q-1. The van der Waals surface area contributed by atoms with E-state index in [2.05, 4.69) is 6.88 Å². The van der Waals surface area contributed by atoms with Gasteiger partial charge >= 0.3 is 64.5 Å². The molecule has 0 fully saturated rings. The Labute approximate surface area is 64.6 Å². The maximum absolute atomic E-state index is 10.6. The van der Waals surface area contributed by atoms with Crippen LogP contribution in [0.2, 0.25) is 0 Å². The van der Waals surface area contributed by atoms with E-state index >= 15 is 0 Å². The first-order valence-electron chi connectivity index (χ1n) is 2.15. The van der Waals surface area contributed by atoms with Crippen LogP contribution in [0.3, 0.4) is 0 Å².